The van der Waals surface area contributed by atoms with Crippen molar-refractivity contribution in [1.82, 2.24) is 9.88 Å². The number of aromatic nitrogens is 1. The molecular formula is C13H15FN2O3. The van der Waals surface area contributed by atoms with Crippen molar-refractivity contribution in [2.24, 2.45) is 5.92 Å². The number of carbonyl (C=O) groups excluding carboxylic acids is 1. The van der Waals surface area contributed by atoms with E-state index in [1.54, 1.807) is 4.90 Å². The van der Waals surface area contributed by atoms with E-state index in [2.05, 4.69) is 4.98 Å². The Hall–Kier alpha value is -1.98. The second kappa shape index (κ2) is 5.77. The normalized spacial score (nSPS) is 19.2. The van der Waals surface area contributed by atoms with Crippen LogP contribution in [0.4, 0.5) is 4.39 Å². The first-order chi connectivity index (χ1) is 9.06. The summed E-state index contributed by atoms with van der Waals surface area (Å²) in [4.78, 5) is 27.9. The van der Waals surface area contributed by atoms with Crippen LogP contribution in [0, 0.1) is 11.9 Å². The zero-order valence-corrected chi connectivity index (χ0v) is 10.4. The highest BCUT2D eigenvalue weighted by Gasteiger charge is 2.26. The molecule has 0 radical (unpaired) electrons. The third kappa shape index (κ3) is 3.49. The molecule has 0 bridgehead atoms. The number of likely N-dealkylation sites (tertiary alicyclic amines) is 1. The largest absolute Gasteiger partial charge is 0.481 e. The lowest BCUT2D eigenvalue weighted by molar-refractivity contribution is -0.138. The fourth-order valence-corrected chi connectivity index (χ4v) is 2.35. The Balaban J connectivity index is 2.04. The van der Waals surface area contributed by atoms with Gasteiger partial charge in [0.05, 0.1) is 0 Å². The van der Waals surface area contributed by atoms with Crippen LogP contribution < -0.4 is 0 Å². The van der Waals surface area contributed by atoms with Crippen LogP contribution in [-0.4, -0.2) is 40.0 Å². The van der Waals surface area contributed by atoms with E-state index in [4.69, 9.17) is 5.11 Å². The van der Waals surface area contributed by atoms with Crippen molar-refractivity contribution >= 4 is 11.9 Å². The number of amides is 1. The van der Waals surface area contributed by atoms with E-state index in [9.17, 15) is 14.0 Å². The van der Waals surface area contributed by atoms with Gasteiger partial charge in [-0.3, -0.25) is 9.59 Å². The van der Waals surface area contributed by atoms with E-state index >= 15 is 0 Å². The molecule has 1 aliphatic rings. The standard InChI is InChI=1S/C13H15FN2O3/c14-11-5-1-4-10(15-11)13(19)16-6-2-3-9(8-16)7-12(17)18/h1,4-5,9H,2-3,6-8H2,(H,17,18). The molecule has 1 fully saturated rings. The van der Waals surface area contributed by atoms with E-state index in [1.165, 1.54) is 18.2 Å². The number of carbonyl (C=O) groups is 2. The van der Waals surface area contributed by atoms with Crippen LogP contribution in [0.15, 0.2) is 18.2 Å². The minimum atomic E-state index is -0.858. The Morgan fingerprint density at radius 3 is 2.95 bits per heavy atom. The van der Waals surface area contributed by atoms with Gasteiger partial charge in [-0.05, 0) is 30.9 Å². The van der Waals surface area contributed by atoms with Crippen LogP contribution in [0.3, 0.4) is 0 Å². The van der Waals surface area contributed by atoms with Crippen molar-refractivity contribution in [3.8, 4) is 0 Å². The molecule has 0 aliphatic carbocycles. The van der Waals surface area contributed by atoms with E-state index in [-0.39, 0.29) is 23.9 Å². The maximum atomic E-state index is 13.0. The van der Waals surface area contributed by atoms with Crippen molar-refractivity contribution in [2.75, 3.05) is 13.1 Å². The zero-order valence-electron chi connectivity index (χ0n) is 10.4. The molecule has 0 aromatic carbocycles. The minimum Gasteiger partial charge on any atom is -0.481 e. The summed E-state index contributed by atoms with van der Waals surface area (Å²) in [6.07, 6.45) is 1.62. The molecule has 1 amide bonds. The Bertz CT molecular complexity index is 493. The summed E-state index contributed by atoms with van der Waals surface area (Å²) in [7, 11) is 0. The third-order valence-corrected chi connectivity index (χ3v) is 3.20. The van der Waals surface area contributed by atoms with Gasteiger partial charge < -0.3 is 10.0 Å². The number of piperidine rings is 1. The van der Waals surface area contributed by atoms with Crippen molar-refractivity contribution < 1.29 is 19.1 Å². The summed E-state index contributed by atoms with van der Waals surface area (Å²) in [5.74, 6) is -1.92. The van der Waals surface area contributed by atoms with Gasteiger partial charge in [-0.15, -0.1) is 0 Å². The molecule has 0 saturated carbocycles. The molecule has 5 nitrogen and oxygen atoms in total. The monoisotopic (exact) mass is 266 g/mol. The highest BCUT2D eigenvalue weighted by molar-refractivity contribution is 5.92. The number of halogens is 1. The van der Waals surface area contributed by atoms with Gasteiger partial charge in [0.1, 0.15) is 5.69 Å². The molecule has 2 heterocycles. The van der Waals surface area contributed by atoms with Crippen molar-refractivity contribution in [3.05, 3.63) is 29.8 Å². The number of pyridine rings is 1. The van der Waals surface area contributed by atoms with E-state index in [1.807, 2.05) is 0 Å². The lowest BCUT2D eigenvalue weighted by Gasteiger charge is -2.31. The topological polar surface area (TPSA) is 70.5 Å². The van der Waals surface area contributed by atoms with Crippen LogP contribution in [0.25, 0.3) is 0 Å². The summed E-state index contributed by atoms with van der Waals surface area (Å²) < 4.78 is 13.0. The predicted molar refractivity (Wildman–Crippen MR) is 65.1 cm³/mol. The Morgan fingerprint density at radius 2 is 2.26 bits per heavy atom. The highest BCUT2D eigenvalue weighted by atomic mass is 19.1. The third-order valence-electron chi connectivity index (χ3n) is 3.20. The molecule has 1 aromatic rings. The minimum absolute atomic E-state index is 0.0382. The van der Waals surface area contributed by atoms with Gasteiger partial charge in [-0.2, -0.15) is 4.39 Å². The average Bonchev–Trinajstić information content (AvgIpc) is 2.37. The number of hydrogen-bond acceptors (Lipinski definition) is 3. The number of aliphatic carboxylic acids is 1. The Kier molecular flexibility index (Phi) is 4.09. The predicted octanol–water partition coefficient (Wildman–Crippen LogP) is 1.55. The molecule has 102 valence electrons. The molecule has 1 saturated heterocycles. The molecule has 1 aromatic heterocycles. The molecule has 1 aliphatic heterocycles. The van der Waals surface area contributed by atoms with Gasteiger partial charge in [0.25, 0.3) is 5.91 Å². The lowest BCUT2D eigenvalue weighted by Crippen LogP contribution is -2.40. The number of carboxylic acids is 1. The van der Waals surface area contributed by atoms with Crippen LogP contribution in [0.2, 0.25) is 0 Å². The van der Waals surface area contributed by atoms with Crippen LogP contribution in [0.5, 0.6) is 0 Å². The van der Waals surface area contributed by atoms with Crippen LogP contribution >= 0.6 is 0 Å². The maximum Gasteiger partial charge on any atom is 0.303 e. The van der Waals surface area contributed by atoms with E-state index in [0.29, 0.717) is 13.1 Å². The SMILES string of the molecule is O=C(O)CC1CCCN(C(=O)c2cccc(F)n2)C1. The molecular weight excluding hydrogens is 251 g/mol. The second-order valence-electron chi connectivity index (χ2n) is 4.70. The number of rotatable bonds is 3. The number of hydrogen-bond donors (Lipinski definition) is 1. The zero-order chi connectivity index (χ0) is 13.8. The fourth-order valence-electron chi connectivity index (χ4n) is 2.35. The van der Waals surface area contributed by atoms with Gasteiger partial charge in [-0.25, -0.2) is 4.98 Å². The van der Waals surface area contributed by atoms with Gasteiger partial charge in [0.2, 0.25) is 5.95 Å². The van der Waals surface area contributed by atoms with E-state index < -0.39 is 11.9 Å². The molecule has 19 heavy (non-hydrogen) atoms. The average molecular weight is 266 g/mol. The van der Waals surface area contributed by atoms with Crippen molar-refractivity contribution in [1.29, 1.82) is 0 Å². The molecule has 0 spiro atoms. The van der Waals surface area contributed by atoms with Crippen LogP contribution in [0.1, 0.15) is 29.8 Å². The van der Waals surface area contributed by atoms with Crippen molar-refractivity contribution in [2.45, 2.75) is 19.3 Å². The molecule has 1 N–H and O–H groups in total. The smallest absolute Gasteiger partial charge is 0.303 e. The highest BCUT2D eigenvalue weighted by Crippen LogP contribution is 2.20. The number of nitrogens with zero attached hydrogens (tertiary/aromatic N) is 2. The van der Waals surface area contributed by atoms with Gasteiger partial charge in [0, 0.05) is 19.5 Å². The van der Waals surface area contributed by atoms with Crippen molar-refractivity contribution in [3.63, 3.8) is 0 Å². The summed E-state index contributed by atoms with van der Waals surface area (Å²) >= 11 is 0. The van der Waals surface area contributed by atoms with Gasteiger partial charge >= 0.3 is 5.97 Å². The van der Waals surface area contributed by atoms with E-state index in [0.717, 1.165) is 12.8 Å². The summed E-state index contributed by atoms with van der Waals surface area (Å²) in [5.41, 5.74) is 0.0657. The van der Waals surface area contributed by atoms with Gasteiger partial charge in [0.15, 0.2) is 0 Å². The van der Waals surface area contributed by atoms with Crippen LogP contribution in [-0.2, 0) is 4.79 Å². The Labute approximate surface area is 110 Å². The van der Waals surface area contributed by atoms with Gasteiger partial charge in [-0.1, -0.05) is 6.07 Å². The summed E-state index contributed by atoms with van der Waals surface area (Å²) in [6, 6.07) is 4.08. The fraction of sp³-hybridized carbons (Fsp3) is 0.462. The summed E-state index contributed by atoms with van der Waals surface area (Å²) in [6.45, 7) is 0.955. The second-order valence-corrected chi connectivity index (χ2v) is 4.70. The Morgan fingerprint density at radius 1 is 1.47 bits per heavy atom. The first kappa shape index (κ1) is 13.5. The summed E-state index contributed by atoms with van der Waals surface area (Å²) in [5, 5.41) is 8.78. The molecule has 1 atom stereocenters. The quantitative estimate of drug-likeness (QED) is 0.843. The number of carboxylic acid groups (broad SMARTS) is 1. The first-order valence-electron chi connectivity index (χ1n) is 6.20. The lowest BCUT2D eigenvalue weighted by atomic mass is 9.94. The maximum absolute atomic E-state index is 13.0. The first-order valence-corrected chi connectivity index (χ1v) is 6.20. The molecule has 6 heteroatoms. The molecule has 1 unspecified atom stereocenters. The molecule has 2 rings (SSSR count).